The van der Waals surface area contributed by atoms with Gasteiger partial charge in [0.15, 0.2) is 17.3 Å². The second-order valence-corrected chi connectivity index (χ2v) is 35.5. The Balaban J connectivity index is 0.000000279. The number of carbonyl (C=O) groups is 9. The maximum atomic E-state index is 12.6. The van der Waals surface area contributed by atoms with Crippen molar-refractivity contribution >= 4 is 99.9 Å². The van der Waals surface area contributed by atoms with E-state index in [0.717, 1.165) is 37.5 Å². The van der Waals surface area contributed by atoms with Gasteiger partial charge in [0.2, 0.25) is 23.6 Å². The highest BCUT2D eigenvalue weighted by Gasteiger charge is 2.71. The minimum Gasteiger partial charge on any atom is -0.542 e. The fourth-order valence-electron chi connectivity index (χ4n) is 16.3. The van der Waals surface area contributed by atoms with E-state index in [1.54, 1.807) is 41.5 Å². The zero-order chi connectivity index (χ0) is 80.7. The van der Waals surface area contributed by atoms with Crippen molar-refractivity contribution < 1.29 is 105 Å². The van der Waals surface area contributed by atoms with Crippen molar-refractivity contribution in [3.05, 3.63) is 0 Å². The molecule has 598 valence electrons. The molecule has 12 rings (SSSR count). The predicted octanol–water partition coefficient (Wildman–Crippen LogP) is 7.65. The number of alkyl halides is 3. The minimum absolute atomic E-state index is 0.0244. The average Bonchev–Trinajstić information content (AvgIpc) is 1.66. The first-order valence-electron chi connectivity index (χ1n) is 37.9. The van der Waals surface area contributed by atoms with E-state index in [-0.39, 0.29) is 145 Å². The molecule has 6 bridgehead atoms. The van der Waals surface area contributed by atoms with Gasteiger partial charge >= 0.3 is 40.6 Å². The van der Waals surface area contributed by atoms with E-state index in [1.165, 1.54) is 26.2 Å². The van der Waals surface area contributed by atoms with E-state index < -0.39 is 55.2 Å². The molecule has 9 saturated carbocycles. The lowest BCUT2D eigenvalue weighted by Crippen LogP contribution is -2.65. The molecular formula is C72H127B4F3N5O19P2-. The average molecular weight is 1530 g/mol. The quantitative estimate of drug-likeness (QED) is 0.0321. The van der Waals surface area contributed by atoms with Crippen molar-refractivity contribution in [3.8, 4) is 0 Å². The molecule has 4 amide bonds. The first-order valence-corrected chi connectivity index (χ1v) is 39.5. The van der Waals surface area contributed by atoms with E-state index in [0.29, 0.717) is 65.1 Å². The zero-order valence-corrected chi connectivity index (χ0v) is 69.0. The summed E-state index contributed by atoms with van der Waals surface area (Å²) in [6, 6.07) is -2.35. The fourth-order valence-corrected chi connectivity index (χ4v) is 16.8. The molecule has 9 aliphatic carbocycles. The first-order chi connectivity index (χ1) is 48.0. The molecule has 0 spiro atoms. The number of Topliss-reactive ketones (excluding diaryl/α,β-unsaturated/α-hetero) is 3. The molecule has 3 saturated heterocycles. The van der Waals surface area contributed by atoms with Crippen LogP contribution >= 0.6 is 18.5 Å². The van der Waals surface area contributed by atoms with Crippen molar-refractivity contribution in [1.29, 1.82) is 0 Å². The van der Waals surface area contributed by atoms with Crippen LogP contribution in [0.3, 0.4) is 0 Å². The lowest BCUT2D eigenvalue weighted by molar-refractivity contribution is -0.344. The molecule has 9 N–H and O–H groups in total. The van der Waals surface area contributed by atoms with Gasteiger partial charge in [-0.25, -0.2) is 0 Å². The molecule has 3 heterocycles. The molecule has 12 fully saturated rings. The summed E-state index contributed by atoms with van der Waals surface area (Å²) in [6.07, 6.45) is 5.12. The summed E-state index contributed by atoms with van der Waals surface area (Å²) in [7, 11) is 2.65. The van der Waals surface area contributed by atoms with E-state index in [1.807, 2.05) is 48.5 Å². The van der Waals surface area contributed by atoms with Crippen molar-refractivity contribution in [2.45, 2.75) is 312 Å². The second kappa shape index (κ2) is 37.6. The fraction of sp³-hybridized carbons (Fsp3) is 0.875. The Morgan fingerprint density at radius 2 is 0.790 bits per heavy atom. The Hall–Kier alpha value is -3.62. The standard InChI is InChI=1S/C20H35BNO4P.C20H34BNO4.C12H22BNO2.C10H21BNO4P.C8H15NO3.C2HF3O2/c1-11(10-27)18(24)22-13(3)15(23)7-12(2)21-25-17-9-14-8-16(19(14,4)5)20(17,6)26-21;1-11(2)18(24)22-13(4)15(23)8-12(3)21-25-17-10-14-9-16(19(14,5)6)20(17,7)26-21;1-7(14)13-15-10-6-8-5-9(11(8,2)3)12(10,4)16-13;1-6(5-17)10(14)12-8(3)9(13)4-7(2)11(15)16;1-4-5(2)7(10)9-6(3)8(11)12;3-2(4,5)1(6)7/h11-14,16-17H,7-10,27H2,1-6H3,(H,22,24);11-14,16-17H,8-10H2,1-7H3,(H,22,24);7-10H,5-6,14H2,1-4H3;6-8,15-16H,4-5,17H2,1-3H3,(H,12,14);5-6H,4H2,1-3H3,(H,9,10)(H,11,12);(H,6,7)/p-1/t11?,12-,13?,14+,16+,17-,20+;12-,13?,14+,16+,17-,20+;7-,8-,9-,10+,12-;6?,7-,8?;;/m1101../s1. The van der Waals surface area contributed by atoms with Gasteiger partial charge in [-0.05, 0) is 175 Å². The molecule has 25 atom stereocenters. The minimum atomic E-state index is -5.19. The van der Waals surface area contributed by atoms with Gasteiger partial charge < -0.3 is 80.0 Å². The number of carbonyl (C=O) groups excluding carboxylic acids is 8. The summed E-state index contributed by atoms with van der Waals surface area (Å²) in [5.74, 6) is -1.89. The molecule has 33 heteroatoms. The number of ketones is 3. The number of nitrogens with two attached hydrogens (primary N) is 1. The van der Waals surface area contributed by atoms with Crippen LogP contribution in [0, 0.1) is 75.4 Å². The van der Waals surface area contributed by atoms with Gasteiger partial charge in [-0.2, -0.15) is 13.2 Å². The summed E-state index contributed by atoms with van der Waals surface area (Å²) in [5.41, 5.74) is 6.36. The lowest BCUT2D eigenvalue weighted by Gasteiger charge is -2.64. The molecule has 12 aliphatic rings. The van der Waals surface area contributed by atoms with E-state index >= 15 is 0 Å². The maximum absolute atomic E-state index is 12.6. The highest BCUT2D eigenvalue weighted by molar-refractivity contribution is 7.16. The Morgan fingerprint density at radius 1 is 0.505 bits per heavy atom. The molecule has 24 nitrogen and oxygen atoms in total. The Kier molecular flexibility index (Phi) is 33.6. The molecule has 0 aromatic heterocycles. The van der Waals surface area contributed by atoms with Crippen LogP contribution in [0.25, 0.3) is 0 Å². The van der Waals surface area contributed by atoms with Gasteiger partial charge in [0.25, 0.3) is 0 Å². The lowest BCUT2D eigenvalue weighted by atomic mass is 9.43. The van der Waals surface area contributed by atoms with Crippen LogP contribution in [0.1, 0.15) is 223 Å². The Morgan fingerprint density at radius 3 is 1.06 bits per heavy atom. The van der Waals surface area contributed by atoms with Crippen LogP contribution in [0.2, 0.25) is 17.5 Å². The number of rotatable bonds is 25. The number of hydrogen-bond donors (Lipinski definition) is 8. The number of nitrogens with one attached hydrogen (secondary N) is 4. The number of amides is 4. The van der Waals surface area contributed by atoms with Crippen LogP contribution in [-0.4, -0.2) is 180 Å². The third-order valence-electron chi connectivity index (χ3n) is 25.0. The van der Waals surface area contributed by atoms with E-state index in [4.69, 9.17) is 58.7 Å². The molecule has 105 heavy (non-hydrogen) atoms. The van der Waals surface area contributed by atoms with Crippen LogP contribution < -0.4 is 32.1 Å². The Bertz CT molecular complexity index is 3020. The van der Waals surface area contributed by atoms with Gasteiger partial charge in [0, 0.05) is 48.9 Å². The number of carboxylic acids is 2. The molecule has 0 radical (unpaired) electrons. The van der Waals surface area contributed by atoms with Gasteiger partial charge in [0.1, 0.15) is 12.0 Å². The monoisotopic (exact) mass is 1530 g/mol. The summed E-state index contributed by atoms with van der Waals surface area (Å²) in [6.45, 7) is 45.8. The van der Waals surface area contributed by atoms with Gasteiger partial charge in [-0.15, -0.1) is 18.5 Å². The van der Waals surface area contributed by atoms with Crippen molar-refractivity contribution in [3.63, 3.8) is 0 Å². The smallest absolute Gasteiger partial charge is 0.475 e. The number of aliphatic carboxylic acids is 2. The summed E-state index contributed by atoms with van der Waals surface area (Å²) < 4.78 is 69.1. The molecule has 3 aliphatic heterocycles. The maximum Gasteiger partial charge on any atom is 0.475 e. The molecular weight excluding hydrogens is 1400 g/mol. The van der Waals surface area contributed by atoms with Gasteiger partial charge in [0.05, 0.1) is 53.2 Å². The third-order valence-corrected chi connectivity index (χ3v) is 26.4. The SMILES string of the molecule is CC(C)C(=O)NC(C)C(=O)C[C@@H](C)B1O[C@@H]2C[C@@H]3C[C@@H](C3(C)C)[C@]2(C)O1.CC(CP)C(=O)NC(C)C(=O)C[C@@H](C)B(O)O.CC(CP)C(=O)NC(C)C(=O)C[C@@H](C)B1O[C@@H]2C[C@@H]3C[C@@H](C3(C)C)[C@]2(C)O1.CCC(C)C(=O)NC(C)C(=O)O.C[C@H](N)B1O[C@@H]2C[C@@H]3C[C@@H](C3(C)C)[C@]2(C)O1.O=C([O-])C(F)(F)F. The summed E-state index contributed by atoms with van der Waals surface area (Å²) >= 11 is 0. The van der Waals surface area contributed by atoms with Gasteiger partial charge in [-0.1, -0.05) is 111 Å². The number of hydrogen-bond acceptors (Lipinski definition) is 19. The van der Waals surface area contributed by atoms with E-state index in [2.05, 4.69) is 102 Å². The zero-order valence-electron chi connectivity index (χ0n) is 66.7. The number of halogens is 3. The van der Waals surface area contributed by atoms with Crippen molar-refractivity contribution in [2.24, 2.45) is 81.2 Å². The Labute approximate surface area is 628 Å². The van der Waals surface area contributed by atoms with Gasteiger partial charge in [-0.3, -0.25) is 38.4 Å². The van der Waals surface area contributed by atoms with Crippen LogP contribution in [0.15, 0.2) is 0 Å². The van der Waals surface area contributed by atoms with Crippen molar-refractivity contribution in [2.75, 3.05) is 12.3 Å². The topological polar surface area (TPSA) is 367 Å². The van der Waals surface area contributed by atoms with Crippen LogP contribution in [0.5, 0.6) is 0 Å². The van der Waals surface area contributed by atoms with Crippen LogP contribution in [0.4, 0.5) is 13.2 Å². The normalized spacial score (nSPS) is 31.4. The molecule has 9 unspecified atom stereocenters. The number of carboxylic acid groups (broad SMARTS) is 2. The third kappa shape index (κ3) is 22.6. The first kappa shape index (κ1) is 93.8. The molecule has 0 aromatic carbocycles. The highest BCUT2D eigenvalue weighted by Crippen LogP contribution is 2.68. The van der Waals surface area contributed by atoms with Crippen LogP contribution in [-0.2, 0) is 71.1 Å². The highest BCUT2D eigenvalue weighted by atomic mass is 31.0. The largest absolute Gasteiger partial charge is 0.542 e. The second-order valence-electron chi connectivity index (χ2n) is 34.5. The van der Waals surface area contributed by atoms with Crippen molar-refractivity contribution in [1.82, 2.24) is 21.3 Å². The van der Waals surface area contributed by atoms with E-state index in [9.17, 15) is 51.5 Å². The molecule has 0 aromatic rings. The predicted molar refractivity (Wildman–Crippen MR) is 402 cm³/mol. The summed E-state index contributed by atoms with van der Waals surface area (Å²) in [4.78, 5) is 102. The summed E-state index contributed by atoms with van der Waals surface area (Å²) in [5, 5.41) is 45.6.